The number of hydrogen-bond acceptors (Lipinski definition) is 5. The van der Waals surface area contributed by atoms with Gasteiger partial charge in [0.2, 0.25) is 0 Å². The largest absolute Gasteiger partial charge is 0.508 e. The minimum Gasteiger partial charge on any atom is -0.508 e. The molecule has 1 aromatic heterocycles. The van der Waals surface area contributed by atoms with Crippen molar-refractivity contribution in [3.63, 3.8) is 0 Å². The van der Waals surface area contributed by atoms with Gasteiger partial charge in [-0.2, -0.15) is 0 Å². The van der Waals surface area contributed by atoms with Gasteiger partial charge in [-0.1, -0.05) is 18.1 Å². The van der Waals surface area contributed by atoms with Gasteiger partial charge in [0.1, 0.15) is 17.5 Å². The third kappa shape index (κ3) is 4.82. The van der Waals surface area contributed by atoms with Crippen LogP contribution in [-0.4, -0.2) is 34.5 Å². The third-order valence-electron chi connectivity index (χ3n) is 4.75. The number of para-hydroxylation sites is 1. The van der Waals surface area contributed by atoms with E-state index >= 15 is 0 Å². The highest BCUT2D eigenvalue weighted by Crippen LogP contribution is 2.23. The van der Waals surface area contributed by atoms with E-state index < -0.39 is 0 Å². The number of ether oxygens (including phenoxy) is 1. The van der Waals surface area contributed by atoms with Crippen LogP contribution in [0.3, 0.4) is 0 Å². The van der Waals surface area contributed by atoms with Crippen LogP contribution >= 0.6 is 0 Å². The molecular formula is C23H20FN3O2. The van der Waals surface area contributed by atoms with E-state index in [1.54, 1.807) is 42.5 Å². The predicted octanol–water partition coefficient (Wildman–Crippen LogP) is 3.77. The molecule has 0 atom stereocenters. The zero-order chi connectivity index (χ0) is 20.1. The summed E-state index contributed by atoms with van der Waals surface area (Å²) < 4.78 is 19.5. The molecule has 1 fully saturated rings. The first-order chi connectivity index (χ1) is 14.2. The molecule has 0 unspecified atom stereocenters. The molecule has 1 aliphatic rings. The molecule has 4 rings (SSSR count). The lowest BCUT2D eigenvalue weighted by Gasteiger charge is -2.32. The Morgan fingerprint density at radius 1 is 0.931 bits per heavy atom. The van der Waals surface area contributed by atoms with E-state index in [0.29, 0.717) is 11.4 Å². The molecule has 2 aromatic carbocycles. The van der Waals surface area contributed by atoms with Gasteiger partial charge in [0, 0.05) is 31.5 Å². The lowest BCUT2D eigenvalue weighted by Crippen LogP contribution is -2.38. The van der Waals surface area contributed by atoms with Crippen LogP contribution in [0.15, 0.2) is 60.7 Å². The highest BCUT2D eigenvalue weighted by molar-refractivity contribution is 5.44. The van der Waals surface area contributed by atoms with Crippen molar-refractivity contribution in [1.82, 2.24) is 10.2 Å². The third-order valence-corrected chi connectivity index (χ3v) is 4.75. The van der Waals surface area contributed by atoms with Crippen LogP contribution in [0.2, 0.25) is 0 Å². The van der Waals surface area contributed by atoms with E-state index in [1.165, 1.54) is 6.07 Å². The highest BCUT2D eigenvalue weighted by Gasteiger charge is 2.22. The monoisotopic (exact) mass is 389 g/mol. The summed E-state index contributed by atoms with van der Waals surface area (Å²) in [6.07, 6.45) is 1.57. The number of phenols is 1. The lowest BCUT2D eigenvalue weighted by atomic mass is 10.1. The lowest BCUT2D eigenvalue weighted by molar-refractivity contribution is 0.163. The number of anilines is 1. The van der Waals surface area contributed by atoms with Gasteiger partial charge in [0.15, 0.2) is 17.4 Å². The number of aromatic nitrogens is 2. The van der Waals surface area contributed by atoms with Crippen LogP contribution in [0.1, 0.15) is 24.1 Å². The van der Waals surface area contributed by atoms with Crippen molar-refractivity contribution in [2.75, 3.05) is 18.0 Å². The van der Waals surface area contributed by atoms with E-state index in [0.717, 1.165) is 37.3 Å². The summed E-state index contributed by atoms with van der Waals surface area (Å²) in [7, 11) is 0. The summed E-state index contributed by atoms with van der Waals surface area (Å²) >= 11 is 0. The predicted molar refractivity (Wildman–Crippen MR) is 108 cm³/mol. The second kappa shape index (κ2) is 8.61. The molecule has 5 nitrogen and oxygen atoms in total. The molecule has 146 valence electrons. The van der Waals surface area contributed by atoms with Crippen LogP contribution in [0, 0.1) is 17.7 Å². The van der Waals surface area contributed by atoms with Crippen molar-refractivity contribution in [2.24, 2.45) is 0 Å². The van der Waals surface area contributed by atoms with E-state index in [9.17, 15) is 9.50 Å². The Kier molecular flexibility index (Phi) is 5.57. The maximum Gasteiger partial charge on any atom is 0.165 e. The van der Waals surface area contributed by atoms with Crippen molar-refractivity contribution in [3.05, 3.63) is 77.7 Å². The minimum absolute atomic E-state index is 0.00782. The Morgan fingerprint density at radius 3 is 2.38 bits per heavy atom. The summed E-state index contributed by atoms with van der Waals surface area (Å²) in [6.45, 7) is 1.54. The number of aromatic hydroxyl groups is 1. The Morgan fingerprint density at radius 2 is 1.69 bits per heavy atom. The molecule has 0 bridgehead atoms. The first-order valence-electron chi connectivity index (χ1n) is 9.48. The second-order valence-corrected chi connectivity index (χ2v) is 6.81. The van der Waals surface area contributed by atoms with Crippen LogP contribution in [0.4, 0.5) is 10.2 Å². The van der Waals surface area contributed by atoms with Gasteiger partial charge in [0.05, 0.1) is 0 Å². The van der Waals surface area contributed by atoms with E-state index in [2.05, 4.69) is 26.9 Å². The van der Waals surface area contributed by atoms with Crippen LogP contribution in [0.5, 0.6) is 11.5 Å². The molecule has 1 saturated heterocycles. The number of hydrogen-bond donors (Lipinski definition) is 1. The Bertz CT molecular complexity index is 1020. The number of phenolic OH excluding ortho intramolecular Hbond substituents is 1. The molecule has 0 radical (unpaired) electrons. The summed E-state index contributed by atoms with van der Waals surface area (Å²) in [5.41, 5.74) is 1.38. The van der Waals surface area contributed by atoms with E-state index in [1.807, 2.05) is 12.1 Å². The maximum atomic E-state index is 13.7. The van der Waals surface area contributed by atoms with Crippen LogP contribution < -0.4 is 9.64 Å². The van der Waals surface area contributed by atoms with E-state index in [-0.39, 0.29) is 17.7 Å². The first-order valence-corrected chi connectivity index (χ1v) is 9.48. The molecule has 1 aliphatic heterocycles. The van der Waals surface area contributed by atoms with Gasteiger partial charge < -0.3 is 14.7 Å². The highest BCUT2D eigenvalue weighted by atomic mass is 19.1. The summed E-state index contributed by atoms with van der Waals surface area (Å²) in [5, 5.41) is 17.8. The summed E-state index contributed by atoms with van der Waals surface area (Å²) in [5.74, 6) is 6.95. The fraction of sp³-hybridized carbons (Fsp3) is 0.217. The van der Waals surface area contributed by atoms with E-state index in [4.69, 9.17) is 4.74 Å². The van der Waals surface area contributed by atoms with Crippen molar-refractivity contribution >= 4 is 5.82 Å². The Labute approximate surface area is 168 Å². The minimum atomic E-state index is -0.329. The number of benzene rings is 2. The van der Waals surface area contributed by atoms with Crippen LogP contribution in [-0.2, 0) is 0 Å². The fourth-order valence-electron chi connectivity index (χ4n) is 3.16. The first kappa shape index (κ1) is 18.8. The van der Waals surface area contributed by atoms with Crippen molar-refractivity contribution in [3.8, 4) is 23.3 Å². The standard InChI is InChI=1S/C23H20FN3O2/c24-21-3-1-2-4-22(21)29-20-13-15-27(16-14-20)23-12-9-18(25-26-23)8-5-17-6-10-19(28)11-7-17/h1-4,6-7,9-12,20,28H,13-16H2. The fourth-order valence-corrected chi connectivity index (χ4v) is 3.16. The van der Waals surface area contributed by atoms with Crippen molar-refractivity contribution in [2.45, 2.75) is 18.9 Å². The number of nitrogens with zero attached hydrogens (tertiary/aromatic N) is 3. The smallest absolute Gasteiger partial charge is 0.165 e. The number of rotatable bonds is 3. The summed E-state index contributed by atoms with van der Waals surface area (Å²) in [4.78, 5) is 2.14. The molecule has 6 heteroatoms. The zero-order valence-corrected chi connectivity index (χ0v) is 15.8. The van der Waals surface area contributed by atoms with Gasteiger partial charge in [-0.25, -0.2) is 4.39 Å². The number of halogens is 1. The Hall–Kier alpha value is -3.59. The quantitative estimate of drug-likeness (QED) is 0.691. The van der Waals surface area contributed by atoms with Gasteiger partial charge in [0.25, 0.3) is 0 Å². The maximum absolute atomic E-state index is 13.7. The summed E-state index contributed by atoms with van der Waals surface area (Å²) in [6, 6.07) is 16.9. The van der Waals surface area contributed by atoms with Gasteiger partial charge in [-0.15, -0.1) is 10.2 Å². The second-order valence-electron chi connectivity index (χ2n) is 6.81. The van der Waals surface area contributed by atoms with Crippen molar-refractivity contribution in [1.29, 1.82) is 0 Å². The Balaban J connectivity index is 1.33. The topological polar surface area (TPSA) is 58.5 Å². The SMILES string of the molecule is Oc1ccc(C#Cc2ccc(N3CCC(Oc4ccccc4F)CC3)nn2)cc1. The molecular weight excluding hydrogens is 369 g/mol. The average Bonchev–Trinajstić information content (AvgIpc) is 2.76. The normalized spacial score (nSPS) is 14.2. The molecule has 0 aliphatic carbocycles. The molecule has 3 aromatic rings. The van der Waals surface area contributed by atoms with Gasteiger partial charge >= 0.3 is 0 Å². The molecule has 0 amide bonds. The van der Waals surface area contributed by atoms with Gasteiger partial charge in [-0.05, 0) is 54.5 Å². The molecule has 1 N–H and O–H groups in total. The average molecular weight is 389 g/mol. The van der Waals surface area contributed by atoms with Crippen molar-refractivity contribution < 1.29 is 14.2 Å². The van der Waals surface area contributed by atoms with Crippen LogP contribution in [0.25, 0.3) is 0 Å². The molecule has 2 heterocycles. The molecule has 0 saturated carbocycles. The zero-order valence-electron chi connectivity index (χ0n) is 15.8. The number of piperidine rings is 1. The molecule has 29 heavy (non-hydrogen) atoms. The molecule has 0 spiro atoms. The van der Waals surface area contributed by atoms with Gasteiger partial charge in [-0.3, -0.25) is 0 Å².